The number of hydrogen-bond donors (Lipinski definition) is 2. The average molecular weight is 289 g/mol. The molecule has 1 aromatic heterocycles. The van der Waals surface area contributed by atoms with E-state index >= 15 is 0 Å². The van der Waals surface area contributed by atoms with E-state index < -0.39 is 5.91 Å². The monoisotopic (exact) mass is 289 g/mol. The lowest BCUT2D eigenvalue weighted by molar-refractivity contribution is 0.0999. The average Bonchev–Trinajstić information content (AvgIpc) is 2.69. The van der Waals surface area contributed by atoms with Gasteiger partial charge < -0.3 is 11.5 Å². The van der Waals surface area contributed by atoms with Crippen molar-refractivity contribution in [2.75, 3.05) is 5.73 Å². The Bertz CT molecular complexity index is 597. The number of fused-ring (bicyclic) bond motifs is 1. The van der Waals surface area contributed by atoms with Crippen LogP contribution in [0.1, 0.15) is 52.9 Å². The molecule has 4 nitrogen and oxygen atoms in total. The molecule has 2 aliphatic rings. The lowest BCUT2D eigenvalue weighted by Crippen LogP contribution is -2.31. The maximum Gasteiger partial charge on any atom is 0.251 e. The zero-order valence-electron chi connectivity index (χ0n) is 11.4. The molecule has 0 bridgehead atoms. The van der Waals surface area contributed by atoms with Crippen molar-refractivity contribution in [3.63, 3.8) is 0 Å². The molecule has 3 rings (SSSR count). The lowest BCUT2D eigenvalue weighted by Gasteiger charge is -2.37. The number of primary amides is 1. The van der Waals surface area contributed by atoms with Gasteiger partial charge in [-0.3, -0.25) is 4.79 Å². The molecule has 1 saturated carbocycles. The molecule has 2 aliphatic carbocycles. The third-order valence-electron chi connectivity index (χ3n) is 4.86. The van der Waals surface area contributed by atoms with Crippen LogP contribution in [0.5, 0.6) is 0 Å². The number of amides is 1. The number of rotatable bonds is 3. The van der Waals surface area contributed by atoms with Crippen LogP contribution >= 0.6 is 11.3 Å². The van der Waals surface area contributed by atoms with Crippen LogP contribution in [0, 0.1) is 22.7 Å². The summed E-state index contributed by atoms with van der Waals surface area (Å²) >= 11 is 1.44. The number of nitrogen functional groups attached to an aromatic ring is 1. The summed E-state index contributed by atoms with van der Waals surface area (Å²) in [5.74, 6) is 0.271. The molecule has 5 heteroatoms. The minimum Gasteiger partial charge on any atom is -0.390 e. The third kappa shape index (κ3) is 2.08. The summed E-state index contributed by atoms with van der Waals surface area (Å²) in [7, 11) is 0. The zero-order chi connectivity index (χ0) is 14.3. The lowest BCUT2D eigenvalue weighted by atomic mass is 9.66. The Kier molecular flexibility index (Phi) is 3.21. The Morgan fingerprint density at radius 1 is 1.50 bits per heavy atom. The number of carbonyl (C=O) groups excluding carboxylic acids is 1. The molecule has 1 unspecified atom stereocenters. The van der Waals surface area contributed by atoms with Crippen molar-refractivity contribution in [3.05, 3.63) is 16.0 Å². The summed E-state index contributed by atoms with van der Waals surface area (Å²) in [6.45, 7) is 0. The highest BCUT2D eigenvalue weighted by Gasteiger charge is 2.40. The van der Waals surface area contributed by atoms with Crippen LogP contribution in [0.15, 0.2) is 0 Å². The fourth-order valence-electron chi connectivity index (χ4n) is 3.54. The number of hydrogen-bond acceptors (Lipinski definition) is 4. The van der Waals surface area contributed by atoms with Crippen molar-refractivity contribution < 1.29 is 4.79 Å². The minimum atomic E-state index is -0.441. The molecule has 106 valence electrons. The van der Waals surface area contributed by atoms with Crippen LogP contribution in [-0.2, 0) is 12.8 Å². The second kappa shape index (κ2) is 4.78. The van der Waals surface area contributed by atoms with Gasteiger partial charge in [-0.1, -0.05) is 19.3 Å². The summed E-state index contributed by atoms with van der Waals surface area (Å²) in [4.78, 5) is 12.6. The minimum absolute atomic E-state index is 0.260. The van der Waals surface area contributed by atoms with Crippen molar-refractivity contribution in [1.29, 1.82) is 5.26 Å². The van der Waals surface area contributed by atoms with Gasteiger partial charge in [-0.05, 0) is 30.7 Å². The van der Waals surface area contributed by atoms with E-state index in [1.165, 1.54) is 30.6 Å². The molecule has 0 saturated heterocycles. The maximum absolute atomic E-state index is 11.5. The second-order valence-electron chi connectivity index (χ2n) is 6.18. The first-order chi connectivity index (χ1) is 9.54. The highest BCUT2D eigenvalue weighted by Crippen LogP contribution is 2.48. The van der Waals surface area contributed by atoms with E-state index in [2.05, 4.69) is 6.07 Å². The Balaban J connectivity index is 1.89. The third-order valence-corrected chi connectivity index (χ3v) is 5.92. The van der Waals surface area contributed by atoms with Crippen molar-refractivity contribution in [1.82, 2.24) is 0 Å². The number of nitriles is 1. The molecule has 1 atom stereocenters. The smallest absolute Gasteiger partial charge is 0.251 e. The van der Waals surface area contributed by atoms with E-state index in [0.717, 1.165) is 36.1 Å². The quantitative estimate of drug-likeness (QED) is 0.895. The van der Waals surface area contributed by atoms with E-state index in [-0.39, 0.29) is 5.41 Å². The molecule has 1 aromatic rings. The number of anilines is 1. The topological polar surface area (TPSA) is 92.9 Å². The molecule has 0 aromatic carbocycles. The van der Waals surface area contributed by atoms with Gasteiger partial charge in [0.05, 0.1) is 22.0 Å². The van der Waals surface area contributed by atoms with Crippen LogP contribution in [0.2, 0.25) is 0 Å². The molecular weight excluding hydrogens is 270 g/mol. The van der Waals surface area contributed by atoms with Crippen molar-refractivity contribution in [2.24, 2.45) is 17.1 Å². The summed E-state index contributed by atoms with van der Waals surface area (Å²) in [5, 5.41) is 10.2. The van der Waals surface area contributed by atoms with Gasteiger partial charge in [0.15, 0.2) is 0 Å². The highest BCUT2D eigenvalue weighted by atomic mass is 32.1. The Morgan fingerprint density at radius 3 is 2.80 bits per heavy atom. The zero-order valence-corrected chi connectivity index (χ0v) is 12.3. The van der Waals surface area contributed by atoms with E-state index in [1.807, 2.05) is 0 Å². The van der Waals surface area contributed by atoms with Gasteiger partial charge >= 0.3 is 0 Å². The van der Waals surface area contributed by atoms with Gasteiger partial charge in [-0.15, -0.1) is 11.3 Å². The van der Waals surface area contributed by atoms with E-state index in [4.69, 9.17) is 11.5 Å². The van der Waals surface area contributed by atoms with Crippen LogP contribution in [-0.4, -0.2) is 5.91 Å². The second-order valence-corrected chi connectivity index (χ2v) is 7.31. The molecule has 0 aliphatic heterocycles. The van der Waals surface area contributed by atoms with Gasteiger partial charge in [0.1, 0.15) is 0 Å². The molecule has 4 N–H and O–H groups in total. The summed E-state index contributed by atoms with van der Waals surface area (Å²) in [5.41, 5.74) is 12.6. The molecule has 0 spiro atoms. The van der Waals surface area contributed by atoms with E-state index in [0.29, 0.717) is 16.5 Å². The first-order valence-electron chi connectivity index (χ1n) is 7.16. The predicted octanol–water partition coefficient (Wildman–Crippen LogP) is 2.62. The fraction of sp³-hybridized carbons (Fsp3) is 0.600. The molecule has 0 radical (unpaired) electrons. The molecule has 20 heavy (non-hydrogen) atoms. The van der Waals surface area contributed by atoms with E-state index in [9.17, 15) is 10.1 Å². The van der Waals surface area contributed by atoms with Gasteiger partial charge in [0.25, 0.3) is 5.91 Å². The predicted molar refractivity (Wildman–Crippen MR) is 79.3 cm³/mol. The van der Waals surface area contributed by atoms with Gasteiger partial charge in [0, 0.05) is 11.3 Å². The molecular formula is C15H19N3OS. The molecule has 1 fully saturated rings. The number of nitrogens with zero attached hydrogens (tertiary/aromatic N) is 1. The van der Waals surface area contributed by atoms with Crippen LogP contribution in [0.4, 0.5) is 5.00 Å². The van der Waals surface area contributed by atoms with Crippen molar-refractivity contribution >= 4 is 22.2 Å². The largest absolute Gasteiger partial charge is 0.390 e. The first kappa shape index (κ1) is 13.4. The number of carbonyl (C=O) groups is 1. The van der Waals surface area contributed by atoms with Gasteiger partial charge in [-0.2, -0.15) is 5.26 Å². The van der Waals surface area contributed by atoms with Crippen LogP contribution < -0.4 is 11.5 Å². The Labute approximate surface area is 122 Å². The maximum atomic E-state index is 11.5. The molecule has 1 amide bonds. The summed E-state index contributed by atoms with van der Waals surface area (Å²) in [6.07, 6.45) is 7.12. The van der Waals surface area contributed by atoms with Crippen LogP contribution in [0.3, 0.4) is 0 Å². The summed E-state index contributed by atoms with van der Waals surface area (Å²) in [6, 6.07) is 2.57. The van der Waals surface area contributed by atoms with Gasteiger partial charge in [0.2, 0.25) is 0 Å². The van der Waals surface area contributed by atoms with Gasteiger partial charge in [-0.25, -0.2) is 0 Å². The number of nitrogens with two attached hydrogens (primary N) is 2. The van der Waals surface area contributed by atoms with Crippen molar-refractivity contribution in [3.8, 4) is 6.07 Å². The Hall–Kier alpha value is -1.54. The number of thiophene rings is 1. The normalized spacial score (nSPS) is 25.6. The fourth-order valence-corrected chi connectivity index (χ4v) is 4.80. The summed E-state index contributed by atoms with van der Waals surface area (Å²) < 4.78 is 0. The molecule has 1 heterocycles. The Morgan fingerprint density at radius 2 is 2.25 bits per heavy atom. The SMILES string of the molecule is N#CC1(CC2CCC2)CCc2c(sc(N)c2C(N)=O)C1. The van der Waals surface area contributed by atoms with Crippen LogP contribution in [0.25, 0.3) is 0 Å². The highest BCUT2D eigenvalue weighted by molar-refractivity contribution is 7.16. The van der Waals surface area contributed by atoms with E-state index in [1.54, 1.807) is 0 Å². The first-order valence-corrected chi connectivity index (χ1v) is 7.97. The standard InChI is InChI=1S/C15H19N3OS/c16-8-15(6-9-2-1-3-9)5-4-10-11(7-15)20-14(18)12(10)13(17)19/h9H,1-7,18H2,(H2,17,19). The van der Waals surface area contributed by atoms with Crippen molar-refractivity contribution in [2.45, 2.75) is 44.9 Å².